The lowest BCUT2D eigenvalue weighted by atomic mass is 9.75. The van der Waals surface area contributed by atoms with Crippen molar-refractivity contribution in [2.45, 2.75) is 19.3 Å². The summed E-state index contributed by atoms with van der Waals surface area (Å²) in [5.74, 6) is 0.0913. The van der Waals surface area contributed by atoms with Crippen LogP contribution in [0, 0.1) is 23.7 Å². The molecule has 18 heavy (non-hydrogen) atoms. The van der Waals surface area contributed by atoms with Crippen molar-refractivity contribution >= 4 is 11.7 Å². The van der Waals surface area contributed by atoms with E-state index >= 15 is 0 Å². The van der Waals surface area contributed by atoms with Gasteiger partial charge in [-0.25, -0.2) is 0 Å². The Kier molecular flexibility index (Phi) is 2.69. The lowest BCUT2D eigenvalue weighted by Crippen LogP contribution is -2.38. The van der Waals surface area contributed by atoms with Crippen molar-refractivity contribution in [3.63, 3.8) is 0 Å². The maximum atomic E-state index is 12.5. The van der Waals surface area contributed by atoms with Crippen molar-refractivity contribution in [2.24, 2.45) is 29.4 Å². The monoisotopic (exact) mass is 243 g/mol. The second-order valence-electron chi connectivity index (χ2n) is 5.52. The van der Waals surface area contributed by atoms with Crippen molar-refractivity contribution in [1.82, 2.24) is 0 Å². The van der Waals surface area contributed by atoms with Crippen LogP contribution in [0.5, 0.6) is 0 Å². The molecule has 2 N–H and O–H groups in total. The van der Waals surface area contributed by atoms with E-state index in [-0.39, 0.29) is 23.5 Å². The highest BCUT2D eigenvalue weighted by Crippen LogP contribution is 2.53. The van der Waals surface area contributed by atoms with E-state index in [9.17, 15) is 9.59 Å². The first-order valence-electron chi connectivity index (χ1n) is 6.57. The van der Waals surface area contributed by atoms with E-state index in [0.717, 1.165) is 19.3 Å². The lowest BCUT2D eigenvalue weighted by molar-refractivity contribution is -0.124. The van der Waals surface area contributed by atoms with E-state index in [1.807, 2.05) is 30.3 Å². The highest BCUT2D eigenvalue weighted by atomic mass is 16.1. The van der Waals surface area contributed by atoms with E-state index in [0.29, 0.717) is 17.4 Å². The Balaban J connectivity index is 1.91. The maximum Gasteiger partial charge on any atom is 0.221 e. The van der Waals surface area contributed by atoms with Crippen LogP contribution in [-0.4, -0.2) is 11.7 Å². The van der Waals surface area contributed by atoms with Gasteiger partial charge in [-0.1, -0.05) is 30.3 Å². The first kappa shape index (κ1) is 11.5. The third-order valence-corrected chi connectivity index (χ3v) is 4.61. The van der Waals surface area contributed by atoms with Gasteiger partial charge < -0.3 is 5.73 Å². The van der Waals surface area contributed by atoms with Crippen LogP contribution < -0.4 is 5.73 Å². The number of ketones is 1. The van der Waals surface area contributed by atoms with Crippen molar-refractivity contribution in [1.29, 1.82) is 0 Å². The van der Waals surface area contributed by atoms with Crippen LogP contribution in [0.1, 0.15) is 29.6 Å². The number of fused-ring (bicyclic) bond motifs is 2. The maximum absolute atomic E-state index is 12.5. The van der Waals surface area contributed by atoms with Crippen molar-refractivity contribution in [2.75, 3.05) is 0 Å². The number of carbonyl (C=O) groups excluding carboxylic acids is 2. The second-order valence-corrected chi connectivity index (χ2v) is 5.52. The standard InChI is InChI=1S/C15H17NO2/c16-15(18)13-11-7-6-10(8-11)12(13)14(17)9-4-2-1-3-5-9/h1-5,10-13H,6-8H2,(H2,16,18)/t10-,11+,12-,13+/m0/s1. The number of nitrogens with two attached hydrogens (primary N) is 1. The fourth-order valence-corrected chi connectivity index (χ4v) is 3.87. The molecule has 1 aromatic carbocycles. The first-order valence-corrected chi connectivity index (χ1v) is 6.57. The molecule has 2 aliphatic carbocycles. The first-order chi connectivity index (χ1) is 8.68. The summed E-state index contributed by atoms with van der Waals surface area (Å²) in [7, 11) is 0. The smallest absolute Gasteiger partial charge is 0.221 e. The average molecular weight is 243 g/mol. The second kappa shape index (κ2) is 4.23. The Bertz CT molecular complexity index is 483. The molecule has 0 saturated heterocycles. The third-order valence-electron chi connectivity index (χ3n) is 4.61. The van der Waals surface area contributed by atoms with E-state index in [1.54, 1.807) is 0 Å². The molecule has 2 aliphatic rings. The molecule has 0 heterocycles. The van der Waals surface area contributed by atoms with Gasteiger partial charge in [0.15, 0.2) is 5.78 Å². The van der Waals surface area contributed by atoms with E-state index in [4.69, 9.17) is 5.73 Å². The van der Waals surface area contributed by atoms with Crippen LogP contribution in [0.4, 0.5) is 0 Å². The van der Waals surface area contributed by atoms with E-state index < -0.39 is 0 Å². The number of amides is 1. The summed E-state index contributed by atoms with van der Waals surface area (Å²) in [4.78, 5) is 24.2. The van der Waals surface area contributed by atoms with Crippen molar-refractivity contribution in [3.8, 4) is 0 Å². The Morgan fingerprint density at radius 3 is 2.22 bits per heavy atom. The zero-order valence-corrected chi connectivity index (χ0v) is 10.2. The summed E-state index contributed by atoms with van der Waals surface area (Å²) in [5, 5.41) is 0. The molecule has 0 spiro atoms. The van der Waals surface area contributed by atoms with Crippen LogP contribution in [0.2, 0.25) is 0 Å². The molecule has 94 valence electrons. The lowest BCUT2D eigenvalue weighted by Gasteiger charge is -2.27. The molecule has 0 aromatic heterocycles. The SMILES string of the molecule is NC(=O)[C@@H]1[C@@H]2CC[C@@H](C2)[C@@H]1C(=O)c1ccccc1. The number of benzene rings is 1. The molecule has 0 radical (unpaired) electrons. The topological polar surface area (TPSA) is 60.2 Å². The van der Waals surface area contributed by atoms with E-state index in [2.05, 4.69) is 0 Å². The largest absolute Gasteiger partial charge is 0.369 e. The molecule has 2 saturated carbocycles. The molecule has 1 amide bonds. The van der Waals surface area contributed by atoms with E-state index in [1.165, 1.54) is 0 Å². The zero-order valence-electron chi connectivity index (χ0n) is 10.2. The van der Waals surface area contributed by atoms with Crippen LogP contribution in [0.3, 0.4) is 0 Å². The van der Waals surface area contributed by atoms with Gasteiger partial charge in [0.2, 0.25) is 5.91 Å². The number of primary amides is 1. The Hall–Kier alpha value is -1.64. The minimum Gasteiger partial charge on any atom is -0.369 e. The zero-order chi connectivity index (χ0) is 12.7. The summed E-state index contributed by atoms with van der Waals surface area (Å²) in [5.41, 5.74) is 6.21. The Morgan fingerprint density at radius 2 is 1.61 bits per heavy atom. The summed E-state index contributed by atoms with van der Waals surface area (Å²) in [6, 6.07) is 9.27. The minimum atomic E-state index is -0.295. The molecule has 2 fully saturated rings. The highest BCUT2D eigenvalue weighted by Gasteiger charge is 2.52. The average Bonchev–Trinajstić information content (AvgIpc) is 2.99. The predicted molar refractivity (Wildman–Crippen MR) is 67.8 cm³/mol. The summed E-state index contributed by atoms with van der Waals surface area (Å²) < 4.78 is 0. The Morgan fingerprint density at radius 1 is 1.00 bits per heavy atom. The third kappa shape index (κ3) is 1.65. The highest BCUT2D eigenvalue weighted by molar-refractivity contribution is 6.01. The normalized spacial score (nSPS) is 33.6. The molecule has 2 bridgehead atoms. The summed E-state index contributed by atoms with van der Waals surface area (Å²) in [6.45, 7) is 0. The molecule has 3 rings (SSSR count). The fourth-order valence-electron chi connectivity index (χ4n) is 3.87. The summed E-state index contributed by atoms with van der Waals surface area (Å²) >= 11 is 0. The van der Waals surface area contributed by atoms with Crippen LogP contribution >= 0.6 is 0 Å². The molecule has 0 unspecified atom stereocenters. The molecule has 4 atom stereocenters. The molecular formula is C15H17NO2. The number of carbonyl (C=O) groups is 2. The van der Waals surface area contributed by atoms with Gasteiger partial charge in [0, 0.05) is 11.5 Å². The molecular weight excluding hydrogens is 226 g/mol. The predicted octanol–water partition coefficient (Wildman–Crippen LogP) is 2.02. The Labute approximate surface area is 106 Å². The molecule has 1 aromatic rings. The number of hydrogen-bond donors (Lipinski definition) is 1. The number of rotatable bonds is 3. The molecule has 3 nitrogen and oxygen atoms in total. The molecule has 3 heteroatoms. The van der Waals surface area contributed by atoms with Gasteiger partial charge in [-0.05, 0) is 31.1 Å². The quantitative estimate of drug-likeness (QED) is 0.825. The number of hydrogen-bond acceptors (Lipinski definition) is 2. The van der Waals surface area contributed by atoms with Gasteiger partial charge in [-0.3, -0.25) is 9.59 Å². The summed E-state index contributed by atoms with van der Waals surface area (Å²) in [6.07, 6.45) is 3.12. The van der Waals surface area contributed by atoms with Gasteiger partial charge >= 0.3 is 0 Å². The van der Waals surface area contributed by atoms with Crippen LogP contribution in [0.15, 0.2) is 30.3 Å². The number of Topliss-reactive ketones (excluding diaryl/α,β-unsaturated/α-hetero) is 1. The fraction of sp³-hybridized carbons (Fsp3) is 0.467. The van der Waals surface area contributed by atoms with Crippen LogP contribution in [-0.2, 0) is 4.79 Å². The van der Waals surface area contributed by atoms with Gasteiger partial charge in [0.25, 0.3) is 0 Å². The molecule has 0 aliphatic heterocycles. The van der Waals surface area contributed by atoms with Gasteiger partial charge in [-0.2, -0.15) is 0 Å². The van der Waals surface area contributed by atoms with Crippen molar-refractivity contribution < 1.29 is 9.59 Å². The van der Waals surface area contributed by atoms with Gasteiger partial charge in [0.05, 0.1) is 5.92 Å². The minimum absolute atomic E-state index is 0.103. The van der Waals surface area contributed by atoms with Gasteiger partial charge in [-0.15, -0.1) is 0 Å². The van der Waals surface area contributed by atoms with Crippen molar-refractivity contribution in [3.05, 3.63) is 35.9 Å². The van der Waals surface area contributed by atoms with Crippen LogP contribution in [0.25, 0.3) is 0 Å². The van der Waals surface area contributed by atoms with Gasteiger partial charge in [0.1, 0.15) is 0 Å².